The average molecular weight is 473 g/mol. The fourth-order valence-electron chi connectivity index (χ4n) is 4.53. The van der Waals surface area contributed by atoms with E-state index < -0.39 is 10.0 Å². The first-order valence-electron chi connectivity index (χ1n) is 10.8. The zero-order valence-electron chi connectivity index (χ0n) is 18.2. The third-order valence-electron chi connectivity index (χ3n) is 6.20. The second-order valence-electron chi connectivity index (χ2n) is 8.18. The first-order chi connectivity index (χ1) is 16.4. The molecule has 3 aromatic carbocycles. The maximum absolute atomic E-state index is 13.4. The standard InChI is InChI=1S/C25H20N4O4S/c1-33-16-7-9-17(10-8-16)34(31,32)28-15-6-11-22-20(14-15)25(30)29-13-12-19-18-4-2-3-5-21(18)26-23(19)24(29)27-22/h2-11,14,26,28H,12-13H2,1H3. The Morgan fingerprint density at radius 3 is 2.62 bits per heavy atom. The molecule has 3 heterocycles. The number of hydrogen-bond acceptors (Lipinski definition) is 5. The van der Waals surface area contributed by atoms with Crippen LogP contribution in [0.5, 0.6) is 5.75 Å². The molecule has 1 aliphatic heterocycles. The molecule has 0 amide bonds. The summed E-state index contributed by atoms with van der Waals surface area (Å²) in [6.45, 7) is 0.508. The Labute approximate surface area is 194 Å². The summed E-state index contributed by atoms with van der Waals surface area (Å²) in [4.78, 5) is 21.7. The van der Waals surface area contributed by atoms with Crippen LogP contribution in [0.3, 0.4) is 0 Å². The number of nitrogens with zero attached hydrogens (tertiary/aromatic N) is 2. The molecule has 0 saturated carbocycles. The van der Waals surface area contributed by atoms with Crippen LogP contribution in [0.25, 0.3) is 33.3 Å². The normalized spacial score (nSPS) is 13.0. The second-order valence-corrected chi connectivity index (χ2v) is 9.86. The largest absolute Gasteiger partial charge is 0.497 e. The fourth-order valence-corrected chi connectivity index (χ4v) is 5.58. The van der Waals surface area contributed by atoms with Gasteiger partial charge in [-0.05, 0) is 60.5 Å². The molecular formula is C25H20N4O4S. The van der Waals surface area contributed by atoms with Crippen molar-refractivity contribution in [3.05, 3.63) is 82.6 Å². The zero-order chi connectivity index (χ0) is 23.4. The molecule has 9 heteroatoms. The van der Waals surface area contributed by atoms with Gasteiger partial charge in [0.1, 0.15) is 5.75 Å². The number of aromatic nitrogens is 3. The number of hydrogen-bond donors (Lipinski definition) is 2. The number of aryl methyl sites for hydroxylation is 1. The van der Waals surface area contributed by atoms with Crippen molar-refractivity contribution in [3.8, 4) is 17.3 Å². The molecule has 0 bridgehead atoms. The summed E-state index contributed by atoms with van der Waals surface area (Å²) in [5.41, 5.74) is 3.63. The molecule has 0 fully saturated rings. The van der Waals surface area contributed by atoms with Crippen molar-refractivity contribution >= 4 is 37.5 Å². The van der Waals surface area contributed by atoms with E-state index in [1.807, 2.05) is 18.2 Å². The molecule has 1 aliphatic rings. The number of fused-ring (bicyclic) bond motifs is 6. The highest BCUT2D eigenvalue weighted by molar-refractivity contribution is 7.92. The van der Waals surface area contributed by atoms with Crippen LogP contribution in [-0.4, -0.2) is 30.1 Å². The third kappa shape index (κ3) is 3.16. The molecule has 5 aromatic rings. The Bertz CT molecular complexity index is 1750. The summed E-state index contributed by atoms with van der Waals surface area (Å²) >= 11 is 0. The number of sulfonamides is 1. The first kappa shape index (κ1) is 20.5. The molecule has 0 radical (unpaired) electrons. The van der Waals surface area contributed by atoms with E-state index in [4.69, 9.17) is 9.72 Å². The maximum atomic E-state index is 13.4. The van der Waals surface area contributed by atoms with E-state index in [9.17, 15) is 13.2 Å². The average Bonchev–Trinajstić information content (AvgIpc) is 3.24. The molecule has 0 aliphatic carbocycles. The minimum atomic E-state index is -3.83. The number of H-pyrrole nitrogens is 1. The SMILES string of the molecule is COc1ccc(S(=O)(=O)Nc2ccc3nc4n(c(=O)c3c2)CCc2c-4[nH]c3ccccc23)cc1. The smallest absolute Gasteiger partial charge is 0.261 e. The highest BCUT2D eigenvalue weighted by Crippen LogP contribution is 2.33. The molecule has 8 nitrogen and oxygen atoms in total. The molecule has 170 valence electrons. The predicted molar refractivity (Wildman–Crippen MR) is 131 cm³/mol. The van der Waals surface area contributed by atoms with Crippen LogP contribution in [0.15, 0.2) is 76.4 Å². The topological polar surface area (TPSA) is 106 Å². The van der Waals surface area contributed by atoms with Crippen LogP contribution in [0.4, 0.5) is 5.69 Å². The van der Waals surface area contributed by atoms with Gasteiger partial charge in [-0.1, -0.05) is 18.2 Å². The van der Waals surface area contributed by atoms with Crippen molar-refractivity contribution in [2.75, 3.05) is 11.8 Å². The minimum Gasteiger partial charge on any atom is -0.497 e. The molecule has 6 rings (SSSR count). The van der Waals surface area contributed by atoms with Crippen LogP contribution in [-0.2, 0) is 23.0 Å². The van der Waals surface area contributed by atoms with Gasteiger partial charge in [-0.2, -0.15) is 0 Å². The number of aromatic amines is 1. The number of anilines is 1. The number of para-hydroxylation sites is 1. The Hall–Kier alpha value is -4.11. The molecule has 0 saturated heterocycles. The molecular weight excluding hydrogens is 452 g/mol. The number of methoxy groups -OCH3 is 1. The molecule has 0 spiro atoms. The van der Waals surface area contributed by atoms with Crippen LogP contribution in [0.1, 0.15) is 5.56 Å². The number of rotatable bonds is 4. The lowest BCUT2D eigenvalue weighted by atomic mass is 10.0. The molecule has 2 N–H and O–H groups in total. The Morgan fingerprint density at radius 1 is 1.03 bits per heavy atom. The van der Waals surface area contributed by atoms with E-state index in [1.165, 1.54) is 19.2 Å². The van der Waals surface area contributed by atoms with E-state index in [0.29, 0.717) is 41.1 Å². The quantitative estimate of drug-likeness (QED) is 0.413. The second kappa shape index (κ2) is 7.46. The third-order valence-corrected chi connectivity index (χ3v) is 7.60. The summed E-state index contributed by atoms with van der Waals surface area (Å²) < 4.78 is 34.9. The van der Waals surface area contributed by atoms with E-state index >= 15 is 0 Å². The van der Waals surface area contributed by atoms with Crippen molar-refractivity contribution in [1.29, 1.82) is 0 Å². The van der Waals surface area contributed by atoms with E-state index in [2.05, 4.69) is 15.8 Å². The van der Waals surface area contributed by atoms with Gasteiger partial charge in [-0.15, -0.1) is 0 Å². The van der Waals surface area contributed by atoms with Crippen LogP contribution < -0.4 is 15.0 Å². The van der Waals surface area contributed by atoms with Crippen molar-refractivity contribution < 1.29 is 13.2 Å². The zero-order valence-corrected chi connectivity index (χ0v) is 19.0. The van der Waals surface area contributed by atoms with Crippen molar-refractivity contribution in [2.24, 2.45) is 0 Å². The summed E-state index contributed by atoms with van der Waals surface area (Å²) in [6.07, 6.45) is 0.712. The lowest BCUT2D eigenvalue weighted by Crippen LogP contribution is -2.27. The van der Waals surface area contributed by atoms with Gasteiger partial charge in [0.2, 0.25) is 0 Å². The van der Waals surface area contributed by atoms with E-state index in [1.54, 1.807) is 34.9 Å². The Kier molecular flexibility index (Phi) is 4.50. The van der Waals surface area contributed by atoms with Crippen LogP contribution in [0, 0.1) is 0 Å². The summed E-state index contributed by atoms with van der Waals surface area (Å²) in [5.74, 6) is 1.16. The minimum absolute atomic E-state index is 0.0972. The van der Waals surface area contributed by atoms with Gasteiger partial charge in [-0.25, -0.2) is 13.4 Å². The monoisotopic (exact) mass is 472 g/mol. The first-order valence-corrected chi connectivity index (χ1v) is 12.2. The number of nitrogens with one attached hydrogen (secondary N) is 2. The molecule has 0 unspecified atom stereocenters. The number of benzene rings is 3. The lowest BCUT2D eigenvalue weighted by Gasteiger charge is -2.19. The van der Waals surface area contributed by atoms with Crippen molar-refractivity contribution in [3.63, 3.8) is 0 Å². The fraction of sp³-hybridized carbons (Fsp3) is 0.120. The van der Waals surface area contributed by atoms with Gasteiger partial charge in [0, 0.05) is 23.1 Å². The van der Waals surface area contributed by atoms with Gasteiger partial charge in [0.25, 0.3) is 15.6 Å². The lowest BCUT2D eigenvalue weighted by molar-refractivity contribution is 0.414. The van der Waals surface area contributed by atoms with Gasteiger partial charge in [-0.3, -0.25) is 14.1 Å². The van der Waals surface area contributed by atoms with E-state index in [-0.39, 0.29) is 10.5 Å². The van der Waals surface area contributed by atoms with Gasteiger partial charge in [0.15, 0.2) is 5.82 Å². The Balaban J connectivity index is 1.42. The molecule has 0 atom stereocenters. The van der Waals surface area contributed by atoms with Gasteiger partial charge in [0.05, 0.1) is 28.6 Å². The highest BCUT2D eigenvalue weighted by atomic mass is 32.2. The van der Waals surface area contributed by atoms with E-state index in [0.717, 1.165) is 22.2 Å². The predicted octanol–water partition coefficient (Wildman–Crippen LogP) is 3.91. The summed E-state index contributed by atoms with van der Waals surface area (Å²) in [6, 6.07) is 19.0. The van der Waals surface area contributed by atoms with Crippen molar-refractivity contribution in [1.82, 2.24) is 14.5 Å². The number of ether oxygens (including phenoxy) is 1. The van der Waals surface area contributed by atoms with Gasteiger partial charge < -0.3 is 9.72 Å². The van der Waals surface area contributed by atoms with Crippen LogP contribution in [0.2, 0.25) is 0 Å². The van der Waals surface area contributed by atoms with Gasteiger partial charge >= 0.3 is 0 Å². The maximum Gasteiger partial charge on any atom is 0.261 e. The van der Waals surface area contributed by atoms with Crippen molar-refractivity contribution in [2.45, 2.75) is 17.9 Å². The Morgan fingerprint density at radius 2 is 1.82 bits per heavy atom. The summed E-state index contributed by atoms with van der Waals surface area (Å²) in [5, 5.41) is 1.50. The molecule has 34 heavy (non-hydrogen) atoms. The summed E-state index contributed by atoms with van der Waals surface area (Å²) in [7, 11) is -2.32. The van der Waals surface area contributed by atoms with Crippen LogP contribution >= 0.6 is 0 Å². The highest BCUT2D eigenvalue weighted by Gasteiger charge is 2.24. The molecule has 2 aromatic heterocycles.